The molecule has 0 bridgehead atoms. The minimum atomic E-state index is -4.89. The molecule has 1 unspecified atom stereocenters. The van der Waals surface area contributed by atoms with Gasteiger partial charge in [0.05, 0.1) is 0 Å². The number of alkyl halides is 3. The number of rotatable bonds is 3. The molecule has 1 amide bonds. The monoisotopic (exact) mass is 310 g/mol. The van der Waals surface area contributed by atoms with Crippen LogP contribution in [-0.4, -0.2) is 69.5 Å². The van der Waals surface area contributed by atoms with Gasteiger partial charge in [-0.3, -0.25) is 14.5 Å². The van der Waals surface area contributed by atoms with Gasteiger partial charge in [0.25, 0.3) is 0 Å². The first-order valence-electron chi connectivity index (χ1n) is 6.67. The van der Waals surface area contributed by atoms with Gasteiger partial charge in [-0.2, -0.15) is 13.2 Å². The number of aliphatic carboxylic acids is 1. The Morgan fingerprint density at radius 1 is 1.52 bits per heavy atom. The number of halogens is 3. The van der Waals surface area contributed by atoms with E-state index in [9.17, 15) is 27.9 Å². The van der Waals surface area contributed by atoms with Gasteiger partial charge in [-0.15, -0.1) is 0 Å². The maximum absolute atomic E-state index is 12.9. The molecule has 2 fully saturated rings. The molecule has 0 aromatic rings. The topological polar surface area (TPSA) is 81.1 Å². The molecular weight excluding hydrogens is 293 g/mol. The predicted octanol–water partition coefficient (Wildman–Crippen LogP) is 0.265. The number of hydrogen-bond donors (Lipinski definition) is 2. The summed E-state index contributed by atoms with van der Waals surface area (Å²) in [5, 5.41) is 19.3. The van der Waals surface area contributed by atoms with E-state index in [0.29, 0.717) is 0 Å². The Morgan fingerprint density at radius 2 is 2.14 bits per heavy atom. The Balaban J connectivity index is 2.21. The summed E-state index contributed by atoms with van der Waals surface area (Å²) in [5.74, 6) is -2.99. The van der Waals surface area contributed by atoms with E-state index in [1.165, 1.54) is 4.90 Å². The van der Waals surface area contributed by atoms with E-state index >= 15 is 0 Å². The van der Waals surface area contributed by atoms with Crippen molar-refractivity contribution in [1.82, 2.24) is 9.80 Å². The maximum Gasteiger partial charge on any atom is 0.414 e. The molecule has 9 heteroatoms. The maximum atomic E-state index is 12.9. The van der Waals surface area contributed by atoms with E-state index in [-0.39, 0.29) is 38.4 Å². The van der Waals surface area contributed by atoms with Crippen molar-refractivity contribution in [1.29, 1.82) is 0 Å². The van der Waals surface area contributed by atoms with Crippen LogP contribution in [0.4, 0.5) is 13.2 Å². The van der Waals surface area contributed by atoms with Gasteiger partial charge >= 0.3 is 12.1 Å². The minimum absolute atomic E-state index is 0.0644. The molecule has 2 rings (SSSR count). The lowest BCUT2D eigenvalue weighted by atomic mass is 9.88. The normalized spacial score (nSPS) is 32.1. The number of likely N-dealkylation sites (tertiary alicyclic amines) is 2. The van der Waals surface area contributed by atoms with Crippen molar-refractivity contribution in [3.63, 3.8) is 0 Å². The highest BCUT2D eigenvalue weighted by Crippen LogP contribution is 2.41. The molecule has 0 spiro atoms. The lowest BCUT2D eigenvalue weighted by Crippen LogP contribution is -2.62. The number of amides is 1. The number of nitrogens with zero attached hydrogens (tertiary/aromatic N) is 2. The molecule has 2 aliphatic rings. The average Bonchev–Trinajstić information content (AvgIpc) is 2.56. The molecule has 2 saturated heterocycles. The van der Waals surface area contributed by atoms with Gasteiger partial charge in [-0.25, -0.2) is 0 Å². The SMILES string of the molecule is CCN1C(=O)C[C@@H]2CN(C(C(=O)O)C(F)(F)F)CC[C@@]21O. The third-order valence-corrected chi connectivity index (χ3v) is 4.29. The number of carboxylic acid groups (broad SMARTS) is 1. The first-order valence-corrected chi connectivity index (χ1v) is 6.67. The fourth-order valence-electron chi connectivity index (χ4n) is 3.34. The molecule has 3 atom stereocenters. The van der Waals surface area contributed by atoms with Gasteiger partial charge in [0.1, 0.15) is 5.72 Å². The van der Waals surface area contributed by atoms with Gasteiger partial charge in [-0.1, -0.05) is 0 Å². The van der Waals surface area contributed by atoms with Crippen molar-refractivity contribution in [2.24, 2.45) is 5.92 Å². The van der Waals surface area contributed by atoms with Gasteiger partial charge in [0.15, 0.2) is 0 Å². The van der Waals surface area contributed by atoms with Gasteiger partial charge in [-0.05, 0) is 6.92 Å². The van der Waals surface area contributed by atoms with Crippen LogP contribution in [0.3, 0.4) is 0 Å². The third-order valence-electron chi connectivity index (χ3n) is 4.29. The Hall–Kier alpha value is -1.35. The summed E-state index contributed by atoms with van der Waals surface area (Å²) in [5.41, 5.74) is -1.46. The summed E-state index contributed by atoms with van der Waals surface area (Å²) < 4.78 is 38.6. The third kappa shape index (κ3) is 2.59. The molecule has 6 nitrogen and oxygen atoms in total. The van der Waals surface area contributed by atoms with Crippen molar-refractivity contribution in [2.45, 2.75) is 37.7 Å². The van der Waals surface area contributed by atoms with Crippen LogP contribution in [0, 0.1) is 5.92 Å². The summed E-state index contributed by atoms with van der Waals surface area (Å²) in [6.45, 7) is 1.45. The quantitative estimate of drug-likeness (QED) is 0.782. The molecule has 0 aromatic heterocycles. The Labute approximate surface area is 119 Å². The highest BCUT2D eigenvalue weighted by molar-refractivity contribution is 5.80. The van der Waals surface area contributed by atoms with Crippen molar-refractivity contribution >= 4 is 11.9 Å². The highest BCUT2D eigenvalue weighted by Gasteiger charge is 2.57. The molecule has 2 aliphatic heterocycles. The van der Waals surface area contributed by atoms with E-state index in [1.54, 1.807) is 6.92 Å². The van der Waals surface area contributed by atoms with Crippen molar-refractivity contribution in [3.05, 3.63) is 0 Å². The van der Waals surface area contributed by atoms with Crippen molar-refractivity contribution in [2.75, 3.05) is 19.6 Å². The Kier molecular flexibility index (Phi) is 3.92. The molecule has 2 heterocycles. The van der Waals surface area contributed by atoms with E-state index in [2.05, 4.69) is 0 Å². The number of aliphatic hydroxyl groups is 1. The van der Waals surface area contributed by atoms with E-state index in [1.807, 2.05) is 0 Å². The number of piperidine rings is 1. The van der Waals surface area contributed by atoms with E-state index < -0.39 is 29.8 Å². The fourth-order valence-corrected chi connectivity index (χ4v) is 3.34. The average molecular weight is 310 g/mol. The second-order valence-corrected chi connectivity index (χ2v) is 5.44. The van der Waals surface area contributed by atoms with Crippen LogP contribution in [-0.2, 0) is 9.59 Å². The first kappa shape index (κ1) is 16.0. The van der Waals surface area contributed by atoms with Gasteiger partial charge in [0.2, 0.25) is 11.9 Å². The van der Waals surface area contributed by atoms with Crippen molar-refractivity contribution in [3.8, 4) is 0 Å². The lowest BCUT2D eigenvalue weighted by molar-refractivity contribution is -0.215. The second-order valence-electron chi connectivity index (χ2n) is 5.44. The number of fused-ring (bicyclic) bond motifs is 1. The lowest BCUT2D eigenvalue weighted by Gasteiger charge is -2.45. The Bertz CT molecular complexity index is 456. The Morgan fingerprint density at radius 3 is 2.62 bits per heavy atom. The van der Waals surface area contributed by atoms with Gasteiger partial charge < -0.3 is 15.1 Å². The fraction of sp³-hybridized carbons (Fsp3) is 0.833. The number of carbonyl (C=O) groups is 2. The summed E-state index contributed by atoms with van der Waals surface area (Å²) in [6.07, 6.45) is -5.05. The molecule has 2 N–H and O–H groups in total. The largest absolute Gasteiger partial charge is 0.480 e. The summed E-state index contributed by atoms with van der Waals surface area (Å²) in [4.78, 5) is 24.7. The zero-order chi connectivity index (χ0) is 16.0. The highest BCUT2D eigenvalue weighted by atomic mass is 19.4. The molecule has 120 valence electrons. The van der Waals surface area contributed by atoms with Gasteiger partial charge in [0, 0.05) is 38.4 Å². The second kappa shape index (κ2) is 5.13. The number of carboxylic acids is 1. The van der Waals surface area contributed by atoms with E-state index in [4.69, 9.17) is 5.11 Å². The number of hydrogen-bond acceptors (Lipinski definition) is 4. The predicted molar refractivity (Wildman–Crippen MR) is 64.1 cm³/mol. The summed E-state index contributed by atoms with van der Waals surface area (Å²) in [7, 11) is 0. The van der Waals surface area contributed by atoms with Crippen LogP contribution in [0.1, 0.15) is 19.8 Å². The molecule has 0 radical (unpaired) electrons. The number of carbonyl (C=O) groups excluding carboxylic acids is 1. The smallest absolute Gasteiger partial charge is 0.414 e. The molecule has 21 heavy (non-hydrogen) atoms. The van der Waals surface area contributed by atoms with Crippen LogP contribution < -0.4 is 0 Å². The summed E-state index contributed by atoms with van der Waals surface area (Å²) in [6, 6.07) is -2.60. The zero-order valence-electron chi connectivity index (χ0n) is 11.4. The standard InChI is InChI=1S/C12H17F3N2O4/c1-2-17-8(18)5-7-6-16(4-3-11(7,17)21)9(10(19)20)12(13,14)15/h7,9,21H,2-6H2,1H3,(H,19,20)/t7-,9?,11-/m1/s1. The summed E-state index contributed by atoms with van der Waals surface area (Å²) >= 11 is 0. The van der Waals surface area contributed by atoms with E-state index in [0.717, 1.165) is 4.90 Å². The zero-order valence-corrected chi connectivity index (χ0v) is 11.4. The molecule has 0 saturated carbocycles. The molecular formula is C12H17F3N2O4. The first-order chi connectivity index (χ1) is 9.61. The van der Waals surface area contributed by atoms with Crippen LogP contribution >= 0.6 is 0 Å². The van der Waals surface area contributed by atoms with Crippen LogP contribution in [0.2, 0.25) is 0 Å². The molecule has 0 aliphatic carbocycles. The molecule has 0 aromatic carbocycles. The van der Waals surface area contributed by atoms with Crippen LogP contribution in [0.5, 0.6) is 0 Å². The minimum Gasteiger partial charge on any atom is -0.480 e. The van der Waals surface area contributed by atoms with Crippen LogP contribution in [0.15, 0.2) is 0 Å². The van der Waals surface area contributed by atoms with Crippen LogP contribution in [0.25, 0.3) is 0 Å². The van der Waals surface area contributed by atoms with Crippen molar-refractivity contribution < 1.29 is 33.0 Å².